The number of halogens is 10. The molecule has 10 heteroatoms. The monoisotopic (exact) mass is 262 g/mol. The maximum absolute atomic E-state index is 12.1. The molecule has 0 unspecified atom stereocenters. The van der Waals surface area contributed by atoms with Crippen LogP contribution in [0.25, 0.3) is 0 Å². The van der Waals surface area contributed by atoms with Gasteiger partial charge in [-0.3, -0.25) is 0 Å². The van der Waals surface area contributed by atoms with Gasteiger partial charge in [0, 0.05) is 0 Å². The van der Waals surface area contributed by atoms with E-state index in [1.807, 2.05) is 0 Å². The molecule has 0 nitrogen and oxygen atoms in total. The summed E-state index contributed by atoms with van der Waals surface area (Å²) in [7, 11) is 0. The van der Waals surface area contributed by atoms with Crippen LogP contribution >= 0.6 is 0 Å². The standard InChI is InChI=1S/C6F10/c7-1(2(8)4(10)11)3(9)5(12,13)6(14,15)16/b3-1+. The second-order valence-electron chi connectivity index (χ2n) is 2.27. The van der Waals surface area contributed by atoms with Crippen LogP contribution in [0.15, 0.2) is 23.6 Å². The molecule has 16 heavy (non-hydrogen) atoms. The molecule has 0 amide bonds. The number of alkyl halides is 5. The van der Waals surface area contributed by atoms with Crippen LogP contribution in [0.1, 0.15) is 0 Å². The molecule has 0 aliphatic heterocycles. The van der Waals surface area contributed by atoms with E-state index in [9.17, 15) is 43.9 Å². The fourth-order valence-electron chi connectivity index (χ4n) is 0.442. The van der Waals surface area contributed by atoms with Crippen LogP contribution < -0.4 is 0 Å². The van der Waals surface area contributed by atoms with E-state index in [1.54, 1.807) is 0 Å². The molecule has 0 saturated carbocycles. The van der Waals surface area contributed by atoms with Crippen LogP contribution in [0, 0.1) is 0 Å². The summed E-state index contributed by atoms with van der Waals surface area (Å²) in [4.78, 5) is 0. The Hall–Kier alpha value is -1.22. The van der Waals surface area contributed by atoms with Crippen molar-refractivity contribution in [3.8, 4) is 0 Å². The van der Waals surface area contributed by atoms with Gasteiger partial charge in [0.25, 0.3) is 0 Å². The Morgan fingerprint density at radius 2 is 1.00 bits per heavy atom. The fraction of sp³-hybridized carbons (Fsp3) is 0.333. The van der Waals surface area contributed by atoms with Gasteiger partial charge in [0.05, 0.1) is 0 Å². The lowest BCUT2D eigenvalue weighted by atomic mass is 10.2. The van der Waals surface area contributed by atoms with Crippen molar-refractivity contribution in [3.63, 3.8) is 0 Å². The Balaban J connectivity index is 5.60. The third kappa shape index (κ3) is 2.67. The molecule has 0 heterocycles. The van der Waals surface area contributed by atoms with E-state index in [2.05, 4.69) is 0 Å². The van der Waals surface area contributed by atoms with E-state index in [0.717, 1.165) is 0 Å². The first-order chi connectivity index (χ1) is 6.93. The first-order valence-electron chi connectivity index (χ1n) is 3.14. The molecule has 0 radical (unpaired) electrons. The average molecular weight is 262 g/mol. The van der Waals surface area contributed by atoms with Crippen molar-refractivity contribution in [2.24, 2.45) is 0 Å². The van der Waals surface area contributed by atoms with Crippen molar-refractivity contribution in [3.05, 3.63) is 23.6 Å². The Bertz CT molecular complexity index is 328. The van der Waals surface area contributed by atoms with E-state index >= 15 is 0 Å². The summed E-state index contributed by atoms with van der Waals surface area (Å²) < 4.78 is 117. The van der Waals surface area contributed by atoms with Crippen LogP contribution in [0.2, 0.25) is 0 Å². The highest BCUT2D eigenvalue weighted by atomic mass is 19.4. The van der Waals surface area contributed by atoms with Gasteiger partial charge < -0.3 is 0 Å². The van der Waals surface area contributed by atoms with Gasteiger partial charge in [0.2, 0.25) is 17.5 Å². The highest BCUT2D eigenvalue weighted by molar-refractivity contribution is 5.26. The second-order valence-corrected chi connectivity index (χ2v) is 2.27. The molecule has 0 aliphatic carbocycles. The summed E-state index contributed by atoms with van der Waals surface area (Å²) in [6, 6.07) is 0. The highest BCUT2D eigenvalue weighted by Crippen LogP contribution is 2.44. The fourth-order valence-corrected chi connectivity index (χ4v) is 0.442. The summed E-state index contributed by atoms with van der Waals surface area (Å²) in [5.41, 5.74) is 0. The van der Waals surface area contributed by atoms with Crippen LogP contribution in [0.4, 0.5) is 43.9 Å². The van der Waals surface area contributed by atoms with Crippen LogP contribution in [-0.2, 0) is 0 Å². The van der Waals surface area contributed by atoms with Crippen molar-refractivity contribution in [2.45, 2.75) is 12.1 Å². The summed E-state index contributed by atoms with van der Waals surface area (Å²) in [5.74, 6) is -17.4. The number of rotatable bonds is 2. The molecule has 94 valence electrons. The Morgan fingerprint density at radius 1 is 0.625 bits per heavy atom. The van der Waals surface area contributed by atoms with Gasteiger partial charge in [-0.25, -0.2) is 8.78 Å². The molecule has 0 spiro atoms. The molecule has 0 saturated heterocycles. The number of hydrogen-bond donors (Lipinski definition) is 0. The van der Waals surface area contributed by atoms with Crippen LogP contribution in [0.3, 0.4) is 0 Å². The minimum absolute atomic E-state index is 3.42. The predicted octanol–water partition coefficient (Wildman–Crippen LogP) is 4.41. The molecule has 0 N–H and O–H groups in total. The van der Waals surface area contributed by atoms with E-state index in [1.165, 1.54) is 0 Å². The third-order valence-electron chi connectivity index (χ3n) is 1.18. The molecule has 0 bridgehead atoms. The molecule has 0 aromatic heterocycles. The lowest BCUT2D eigenvalue weighted by molar-refractivity contribution is -0.271. The maximum Gasteiger partial charge on any atom is 0.460 e. The molecule has 0 aliphatic rings. The minimum atomic E-state index is -6.57. The van der Waals surface area contributed by atoms with Crippen molar-refractivity contribution >= 4 is 0 Å². The summed E-state index contributed by atoms with van der Waals surface area (Å²) in [6.45, 7) is 0. The van der Waals surface area contributed by atoms with Gasteiger partial charge in [0.1, 0.15) is 0 Å². The minimum Gasteiger partial charge on any atom is -0.201 e. The van der Waals surface area contributed by atoms with Gasteiger partial charge in [-0.05, 0) is 0 Å². The Labute approximate surface area is 80.8 Å². The van der Waals surface area contributed by atoms with Gasteiger partial charge in [-0.1, -0.05) is 0 Å². The zero-order chi connectivity index (χ0) is 13.3. The number of hydrogen-bond acceptors (Lipinski definition) is 0. The molecular formula is C6F10. The summed E-state index contributed by atoms with van der Waals surface area (Å²) in [5, 5.41) is 0. The van der Waals surface area contributed by atoms with Gasteiger partial charge >= 0.3 is 18.2 Å². The first kappa shape index (κ1) is 14.8. The normalized spacial score (nSPS) is 14.6. The lowest BCUT2D eigenvalue weighted by Gasteiger charge is -2.17. The Kier molecular flexibility index (Phi) is 4.01. The van der Waals surface area contributed by atoms with Gasteiger partial charge in [0.15, 0.2) is 0 Å². The molecular weight excluding hydrogens is 262 g/mol. The van der Waals surface area contributed by atoms with Gasteiger partial charge in [-0.15, -0.1) is 0 Å². The molecule has 0 aromatic rings. The zero-order valence-corrected chi connectivity index (χ0v) is 6.78. The summed E-state index contributed by atoms with van der Waals surface area (Å²) in [6.07, 6.45) is -10.1. The van der Waals surface area contributed by atoms with Crippen LogP contribution in [-0.4, -0.2) is 12.1 Å². The number of allylic oxidation sites excluding steroid dienone is 3. The predicted molar refractivity (Wildman–Crippen MR) is 30.6 cm³/mol. The maximum atomic E-state index is 12.1. The second kappa shape index (κ2) is 4.34. The van der Waals surface area contributed by atoms with E-state index in [0.29, 0.717) is 0 Å². The highest BCUT2D eigenvalue weighted by Gasteiger charge is 2.62. The molecule has 0 aromatic carbocycles. The Morgan fingerprint density at radius 3 is 1.25 bits per heavy atom. The lowest BCUT2D eigenvalue weighted by Crippen LogP contribution is -2.37. The smallest absolute Gasteiger partial charge is 0.201 e. The summed E-state index contributed by atoms with van der Waals surface area (Å²) >= 11 is 0. The quantitative estimate of drug-likeness (QED) is 0.510. The zero-order valence-electron chi connectivity index (χ0n) is 6.78. The van der Waals surface area contributed by atoms with Crippen LogP contribution in [0.5, 0.6) is 0 Å². The SMILES string of the molecule is FC(F)=C(F)/C(F)=C(\F)C(F)(F)C(F)(F)F. The molecule has 0 atom stereocenters. The van der Waals surface area contributed by atoms with E-state index in [4.69, 9.17) is 0 Å². The molecule has 0 fully saturated rings. The third-order valence-corrected chi connectivity index (χ3v) is 1.18. The van der Waals surface area contributed by atoms with Crippen molar-refractivity contribution in [1.82, 2.24) is 0 Å². The topological polar surface area (TPSA) is 0 Å². The molecule has 0 rings (SSSR count). The van der Waals surface area contributed by atoms with E-state index in [-0.39, 0.29) is 0 Å². The van der Waals surface area contributed by atoms with Crippen molar-refractivity contribution < 1.29 is 43.9 Å². The van der Waals surface area contributed by atoms with E-state index < -0.39 is 35.7 Å². The average Bonchev–Trinajstić information content (AvgIpc) is 2.12. The van der Waals surface area contributed by atoms with Crippen molar-refractivity contribution in [1.29, 1.82) is 0 Å². The van der Waals surface area contributed by atoms with Gasteiger partial charge in [-0.2, -0.15) is 35.1 Å². The largest absolute Gasteiger partial charge is 0.460 e. The first-order valence-corrected chi connectivity index (χ1v) is 3.14. The van der Waals surface area contributed by atoms with Crippen molar-refractivity contribution in [2.75, 3.05) is 0 Å².